The fourth-order valence-corrected chi connectivity index (χ4v) is 3.30. The van der Waals surface area contributed by atoms with Crippen molar-refractivity contribution in [3.63, 3.8) is 0 Å². The van der Waals surface area contributed by atoms with Gasteiger partial charge in [-0.1, -0.05) is 18.6 Å². The van der Waals surface area contributed by atoms with Crippen LogP contribution in [0.3, 0.4) is 0 Å². The number of pyridine rings is 1. The van der Waals surface area contributed by atoms with Crippen LogP contribution in [0.15, 0.2) is 55.0 Å². The van der Waals surface area contributed by atoms with Gasteiger partial charge in [-0.15, -0.1) is 5.10 Å². The van der Waals surface area contributed by atoms with Crippen LogP contribution in [0.25, 0.3) is 27.5 Å². The Hall–Kier alpha value is -2.99. The third-order valence-electron chi connectivity index (χ3n) is 5.15. The van der Waals surface area contributed by atoms with E-state index in [9.17, 15) is 0 Å². The minimum absolute atomic E-state index is 0.266. The molecule has 1 aliphatic carbocycles. The van der Waals surface area contributed by atoms with Crippen LogP contribution in [0.1, 0.15) is 19.3 Å². The Labute approximate surface area is 158 Å². The summed E-state index contributed by atoms with van der Waals surface area (Å²) in [4.78, 5) is 10.7. The quantitative estimate of drug-likeness (QED) is 0.591. The van der Waals surface area contributed by atoms with E-state index in [-0.39, 0.29) is 5.95 Å². The molecule has 5 rings (SSSR count). The lowest BCUT2D eigenvalue weighted by molar-refractivity contribution is 0.193. The van der Waals surface area contributed by atoms with Gasteiger partial charge in [0.15, 0.2) is 0 Å². The van der Waals surface area contributed by atoms with Gasteiger partial charge in [0.2, 0.25) is 5.95 Å². The molecule has 6 nitrogen and oxygen atoms in total. The molecule has 1 saturated carbocycles. The standard InChI is InChI=1S/C15H11N5.C6H13N/c16-15-18-9-14-12(5-7-20(14)19-15)10-3-4-13-11(8-10)2-1-6-17-13;1-7(2)6-4-3-5-6/h1-9H,(H2,16,19);6H,3-5H2,1-2H3. The third-order valence-corrected chi connectivity index (χ3v) is 5.15. The average Bonchev–Trinajstić information content (AvgIpc) is 3.03. The molecule has 0 spiro atoms. The highest BCUT2D eigenvalue weighted by molar-refractivity contribution is 5.88. The van der Waals surface area contributed by atoms with Gasteiger partial charge in [0.1, 0.15) is 0 Å². The first kappa shape index (κ1) is 17.4. The molecule has 3 heterocycles. The van der Waals surface area contributed by atoms with Gasteiger partial charge in [0.05, 0.1) is 17.2 Å². The molecule has 6 heteroatoms. The van der Waals surface area contributed by atoms with Crippen molar-refractivity contribution in [2.24, 2.45) is 0 Å². The number of hydrogen-bond acceptors (Lipinski definition) is 5. The first-order valence-electron chi connectivity index (χ1n) is 9.23. The number of rotatable bonds is 2. The van der Waals surface area contributed by atoms with Crippen LogP contribution in [0.2, 0.25) is 0 Å². The van der Waals surface area contributed by atoms with E-state index in [2.05, 4.69) is 52.3 Å². The van der Waals surface area contributed by atoms with Crippen molar-refractivity contribution in [2.75, 3.05) is 19.8 Å². The lowest BCUT2D eigenvalue weighted by atomic mass is 9.92. The third kappa shape index (κ3) is 3.61. The molecule has 0 atom stereocenters. The van der Waals surface area contributed by atoms with E-state index in [0.717, 1.165) is 33.6 Å². The van der Waals surface area contributed by atoms with Gasteiger partial charge in [0, 0.05) is 29.4 Å². The molecule has 0 bridgehead atoms. The van der Waals surface area contributed by atoms with Crippen LogP contribution in [0, 0.1) is 0 Å². The second-order valence-corrected chi connectivity index (χ2v) is 7.13. The van der Waals surface area contributed by atoms with Crippen LogP contribution in [0.5, 0.6) is 0 Å². The number of anilines is 1. The number of benzene rings is 1. The molecule has 1 aliphatic rings. The molecule has 0 aliphatic heterocycles. The molecule has 2 N–H and O–H groups in total. The van der Waals surface area contributed by atoms with Gasteiger partial charge in [-0.2, -0.15) is 0 Å². The topological polar surface area (TPSA) is 72.3 Å². The molecular formula is C21H24N6. The maximum absolute atomic E-state index is 5.59. The number of fused-ring (bicyclic) bond motifs is 2. The summed E-state index contributed by atoms with van der Waals surface area (Å²) in [6.45, 7) is 0. The van der Waals surface area contributed by atoms with Gasteiger partial charge >= 0.3 is 0 Å². The highest BCUT2D eigenvalue weighted by Gasteiger charge is 2.18. The van der Waals surface area contributed by atoms with Gasteiger partial charge in [-0.05, 0) is 56.8 Å². The minimum atomic E-state index is 0.266. The molecule has 1 fully saturated rings. The summed E-state index contributed by atoms with van der Waals surface area (Å²) in [5.41, 5.74) is 9.71. The van der Waals surface area contributed by atoms with Crippen molar-refractivity contribution in [1.82, 2.24) is 24.5 Å². The van der Waals surface area contributed by atoms with E-state index in [0.29, 0.717) is 0 Å². The smallest absolute Gasteiger partial charge is 0.238 e. The summed E-state index contributed by atoms with van der Waals surface area (Å²) in [6.07, 6.45) is 9.72. The molecule has 0 unspecified atom stereocenters. The summed E-state index contributed by atoms with van der Waals surface area (Å²) < 4.78 is 1.74. The summed E-state index contributed by atoms with van der Waals surface area (Å²) >= 11 is 0. The summed E-state index contributed by atoms with van der Waals surface area (Å²) in [6, 6.07) is 13.1. The van der Waals surface area contributed by atoms with E-state index in [4.69, 9.17) is 5.73 Å². The maximum atomic E-state index is 5.59. The number of nitrogens with zero attached hydrogens (tertiary/aromatic N) is 5. The Kier molecular flexibility index (Phi) is 4.73. The second kappa shape index (κ2) is 7.32. The zero-order chi connectivity index (χ0) is 18.8. The Morgan fingerprint density at radius 3 is 2.67 bits per heavy atom. The molecule has 3 aromatic heterocycles. The van der Waals surface area contributed by atoms with E-state index < -0.39 is 0 Å². The molecule has 27 heavy (non-hydrogen) atoms. The van der Waals surface area contributed by atoms with Crippen LogP contribution < -0.4 is 5.73 Å². The predicted octanol–water partition coefficient (Wildman–Crippen LogP) is 3.63. The van der Waals surface area contributed by atoms with Crippen LogP contribution in [-0.4, -0.2) is 44.6 Å². The minimum Gasteiger partial charge on any atom is -0.367 e. The normalized spacial score (nSPS) is 14.2. The largest absolute Gasteiger partial charge is 0.367 e. The fourth-order valence-electron chi connectivity index (χ4n) is 3.30. The fraction of sp³-hybridized carbons (Fsp3) is 0.286. The number of aromatic nitrogens is 4. The number of nitrogens with two attached hydrogens (primary N) is 1. The van der Waals surface area contributed by atoms with Gasteiger partial charge in [0.25, 0.3) is 0 Å². The van der Waals surface area contributed by atoms with E-state index in [1.807, 2.05) is 24.4 Å². The van der Waals surface area contributed by atoms with Gasteiger partial charge < -0.3 is 10.6 Å². The Balaban J connectivity index is 0.000000218. The highest BCUT2D eigenvalue weighted by Crippen LogP contribution is 2.27. The average molecular weight is 360 g/mol. The lowest BCUT2D eigenvalue weighted by Crippen LogP contribution is -2.33. The summed E-state index contributed by atoms with van der Waals surface area (Å²) in [7, 11) is 4.31. The van der Waals surface area contributed by atoms with Crippen molar-refractivity contribution >= 4 is 22.4 Å². The van der Waals surface area contributed by atoms with Crippen molar-refractivity contribution in [3.8, 4) is 11.1 Å². The molecule has 0 saturated heterocycles. The Morgan fingerprint density at radius 1 is 1.11 bits per heavy atom. The van der Waals surface area contributed by atoms with Crippen molar-refractivity contribution in [1.29, 1.82) is 0 Å². The Morgan fingerprint density at radius 2 is 1.96 bits per heavy atom. The van der Waals surface area contributed by atoms with E-state index >= 15 is 0 Å². The number of hydrogen-bond donors (Lipinski definition) is 1. The summed E-state index contributed by atoms with van der Waals surface area (Å²) in [5, 5.41) is 5.27. The lowest BCUT2D eigenvalue weighted by Gasteiger charge is -2.31. The van der Waals surface area contributed by atoms with E-state index in [1.54, 1.807) is 16.9 Å². The van der Waals surface area contributed by atoms with Crippen LogP contribution in [-0.2, 0) is 0 Å². The van der Waals surface area contributed by atoms with Crippen LogP contribution in [0.4, 0.5) is 5.95 Å². The predicted molar refractivity (Wildman–Crippen MR) is 109 cm³/mol. The van der Waals surface area contributed by atoms with Crippen molar-refractivity contribution in [3.05, 3.63) is 55.0 Å². The molecule has 1 aromatic carbocycles. The highest BCUT2D eigenvalue weighted by atomic mass is 15.3. The number of nitrogen functional groups attached to an aromatic ring is 1. The summed E-state index contributed by atoms with van der Waals surface area (Å²) in [5.74, 6) is 0.266. The molecule has 0 amide bonds. The maximum Gasteiger partial charge on any atom is 0.238 e. The first-order chi connectivity index (χ1) is 13.1. The SMILES string of the molecule is CN(C)C1CCC1.Nc1ncc2c(-c3ccc4ncccc4c3)ccn2n1. The van der Waals surface area contributed by atoms with Crippen molar-refractivity contribution < 1.29 is 0 Å². The zero-order valence-corrected chi connectivity index (χ0v) is 15.7. The first-order valence-corrected chi connectivity index (χ1v) is 9.23. The molecule has 138 valence electrons. The van der Waals surface area contributed by atoms with Gasteiger partial charge in [-0.25, -0.2) is 9.50 Å². The molecular weight excluding hydrogens is 336 g/mol. The molecule has 0 radical (unpaired) electrons. The van der Waals surface area contributed by atoms with E-state index in [1.165, 1.54) is 19.3 Å². The second-order valence-electron chi connectivity index (χ2n) is 7.13. The van der Waals surface area contributed by atoms with Crippen LogP contribution >= 0.6 is 0 Å². The van der Waals surface area contributed by atoms with Gasteiger partial charge in [-0.3, -0.25) is 4.98 Å². The monoisotopic (exact) mass is 360 g/mol. The Bertz CT molecular complexity index is 1060. The zero-order valence-electron chi connectivity index (χ0n) is 15.7. The van der Waals surface area contributed by atoms with Crippen molar-refractivity contribution in [2.45, 2.75) is 25.3 Å². The molecule has 4 aromatic rings.